The lowest BCUT2D eigenvalue weighted by Crippen LogP contribution is -2.01. The van der Waals surface area contributed by atoms with Crippen LogP contribution in [0.2, 0.25) is 0 Å². The molecular weight excluding hydrogens is 272 g/mol. The summed E-state index contributed by atoms with van der Waals surface area (Å²) in [6.45, 7) is 0. The van der Waals surface area contributed by atoms with Gasteiger partial charge in [-0.25, -0.2) is 4.98 Å². The fourth-order valence-corrected chi connectivity index (χ4v) is 1.35. The van der Waals surface area contributed by atoms with E-state index >= 15 is 0 Å². The monoisotopic (exact) mass is 280 g/mol. The van der Waals surface area contributed by atoms with E-state index in [1.165, 1.54) is 6.33 Å². The highest BCUT2D eigenvalue weighted by molar-refractivity contribution is 9.10. The molecule has 82 valence electrons. The van der Waals surface area contributed by atoms with Gasteiger partial charge in [0.15, 0.2) is 5.82 Å². The third kappa shape index (κ3) is 2.22. The summed E-state index contributed by atoms with van der Waals surface area (Å²) < 4.78 is 6.44. The molecular formula is C10H9BrN4O. The molecule has 0 fully saturated rings. The van der Waals surface area contributed by atoms with Crippen LogP contribution >= 0.6 is 15.9 Å². The Labute approximate surface area is 101 Å². The molecule has 0 saturated heterocycles. The van der Waals surface area contributed by atoms with Gasteiger partial charge in [0.05, 0.1) is 0 Å². The second kappa shape index (κ2) is 4.36. The highest BCUT2D eigenvalue weighted by atomic mass is 79.9. The Morgan fingerprint density at radius 3 is 2.44 bits per heavy atom. The highest BCUT2D eigenvalue weighted by Crippen LogP contribution is 2.28. The summed E-state index contributed by atoms with van der Waals surface area (Å²) in [7, 11) is 0. The van der Waals surface area contributed by atoms with Crippen LogP contribution < -0.4 is 16.2 Å². The smallest absolute Gasteiger partial charge is 0.248 e. The van der Waals surface area contributed by atoms with Gasteiger partial charge in [-0.3, -0.25) is 0 Å². The van der Waals surface area contributed by atoms with E-state index in [0.29, 0.717) is 5.75 Å². The first kappa shape index (κ1) is 10.7. The van der Waals surface area contributed by atoms with Crippen LogP contribution in [0.4, 0.5) is 11.5 Å². The van der Waals surface area contributed by atoms with Gasteiger partial charge in [-0.05, 0) is 24.3 Å². The number of nitrogen functional groups attached to an aromatic ring is 2. The molecule has 1 aromatic carbocycles. The molecule has 0 aliphatic rings. The Hall–Kier alpha value is -1.82. The van der Waals surface area contributed by atoms with Gasteiger partial charge in [-0.1, -0.05) is 15.9 Å². The molecule has 0 aliphatic heterocycles. The molecule has 0 bridgehead atoms. The lowest BCUT2D eigenvalue weighted by molar-refractivity contribution is 0.464. The van der Waals surface area contributed by atoms with Gasteiger partial charge < -0.3 is 16.2 Å². The fraction of sp³-hybridized carbons (Fsp3) is 0. The Morgan fingerprint density at radius 2 is 1.75 bits per heavy atom. The van der Waals surface area contributed by atoms with Gasteiger partial charge in [0.1, 0.15) is 17.8 Å². The molecule has 0 aliphatic carbocycles. The standard InChI is InChI=1S/C10H9BrN4O/c11-6-1-3-7(4-2-6)16-10-8(12)9(13)14-5-15-10/h1-5H,12H2,(H2,13,14,15). The number of aromatic nitrogens is 2. The summed E-state index contributed by atoms with van der Waals surface area (Å²) in [5.74, 6) is 1.10. The van der Waals surface area contributed by atoms with Crippen LogP contribution in [0.25, 0.3) is 0 Å². The molecule has 1 heterocycles. The van der Waals surface area contributed by atoms with E-state index in [1.807, 2.05) is 12.1 Å². The molecule has 0 amide bonds. The van der Waals surface area contributed by atoms with Crippen molar-refractivity contribution in [1.82, 2.24) is 9.97 Å². The third-order valence-corrected chi connectivity index (χ3v) is 2.44. The molecule has 0 saturated carbocycles. The van der Waals surface area contributed by atoms with Crippen molar-refractivity contribution in [3.8, 4) is 11.6 Å². The van der Waals surface area contributed by atoms with E-state index in [9.17, 15) is 0 Å². The fourth-order valence-electron chi connectivity index (χ4n) is 1.09. The maximum absolute atomic E-state index is 5.68. The first-order valence-electron chi connectivity index (χ1n) is 4.46. The lowest BCUT2D eigenvalue weighted by Gasteiger charge is -2.07. The maximum atomic E-state index is 5.68. The van der Waals surface area contributed by atoms with E-state index in [1.54, 1.807) is 12.1 Å². The average Bonchev–Trinajstić information content (AvgIpc) is 2.28. The normalized spacial score (nSPS) is 10.1. The number of benzene rings is 1. The molecule has 5 nitrogen and oxygen atoms in total. The van der Waals surface area contributed by atoms with Crippen LogP contribution in [0.15, 0.2) is 35.1 Å². The van der Waals surface area contributed by atoms with Crippen molar-refractivity contribution < 1.29 is 4.74 Å². The molecule has 0 spiro atoms. The minimum atomic E-state index is 0.210. The molecule has 16 heavy (non-hydrogen) atoms. The second-order valence-electron chi connectivity index (χ2n) is 3.03. The Bertz CT molecular complexity index is 501. The summed E-state index contributed by atoms with van der Waals surface area (Å²) in [6.07, 6.45) is 1.31. The van der Waals surface area contributed by atoms with Gasteiger partial charge in [-0.15, -0.1) is 0 Å². The minimum Gasteiger partial charge on any atom is -0.437 e. The predicted octanol–water partition coefficient (Wildman–Crippen LogP) is 2.20. The van der Waals surface area contributed by atoms with E-state index in [0.717, 1.165) is 4.47 Å². The molecule has 0 radical (unpaired) electrons. The number of ether oxygens (including phenoxy) is 1. The predicted molar refractivity (Wildman–Crippen MR) is 65.1 cm³/mol. The van der Waals surface area contributed by atoms with E-state index in [2.05, 4.69) is 25.9 Å². The SMILES string of the molecule is Nc1ncnc(Oc2ccc(Br)cc2)c1N. The molecule has 2 rings (SSSR count). The Kier molecular flexibility index (Phi) is 2.91. The van der Waals surface area contributed by atoms with Crippen molar-refractivity contribution in [2.45, 2.75) is 0 Å². The van der Waals surface area contributed by atoms with Gasteiger partial charge in [0.2, 0.25) is 5.88 Å². The molecule has 0 unspecified atom stereocenters. The number of hydrogen-bond acceptors (Lipinski definition) is 5. The van der Waals surface area contributed by atoms with Crippen molar-refractivity contribution in [3.63, 3.8) is 0 Å². The van der Waals surface area contributed by atoms with Gasteiger partial charge >= 0.3 is 0 Å². The summed E-state index contributed by atoms with van der Waals surface area (Å²) in [5.41, 5.74) is 11.5. The highest BCUT2D eigenvalue weighted by Gasteiger charge is 2.07. The van der Waals surface area contributed by atoms with E-state index < -0.39 is 0 Å². The van der Waals surface area contributed by atoms with Crippen LogP contribution in [0.1, 0.15) is 0 Å². The van der Waals surface area contributed by atoms with Gasteiger partial charge in [0.25, 0.3) is 0 Å². The third-order valence-electron chi connectivity index (χ3n) is 1.91. The van der Waals surface area contributed by atoms with Gasteiger partial charge in [0, 0.05) is 4.47 Å². The molecule has 0 atom stereocenters. The zero-order chi connectivity index (χ0) is 11.5. The van der Waals surface area contributed by atoms with Crippen molar-refractivity contribution >= 4 is 27.4 Å². The largest absolute Gasteiger partial charge is 0.437 e. The van der Waals surface area contributed by atoms with Crippen LogP contribution in [-0.4, -0.2) is 9.97 Å². The first-order valence-corrected chi connectivity index (χ1v) is 5.25. The van der Waals surface area contributed by atoms with Crippen molar-refractivity contribution in [2.75, 3.05) is 11.5 Å². The van der Waals surface area contributed by atoms with E-state index in [-0.39, 0.29) is 17.4 Å². The summed E-state index contributed by atoms with van der Waals surface area (Å²) in [6, 6.07) is 7.30. The topological polar surface area (TPSA) is 87.0 Å². The molecule has 2 aromatic rings. The van der Waals surface area contributed by atoms with Crippen molar-refractivity contribution in [2.24, 2.45) is 0 Å². The minimum absolute atomic E-state index is 0.210. The van der Waals surface area contributed by atoms with Crippen molar-refractivity contribution in [3.05, 3.63) is 35.1 Å². The number of hydrogen-bond donors (Lipinski definition) is 2. The van der Waals surface area contributed by atoms with Crippen molar-refractivity contribution in [1.29, 1.82) is 0 Å². The number of rotatable bonds is 2. The molecule has 6 heteroatoms. The Morgan fingerprint density at radius 1 is 1.06 bits per heavy atom. The lowest BCUT2D eigenvalue weighted by atomic mass is 10.3. The van der Waals surface area contributed by atoms with Crippen LogP contribution in [0, 0.1) is 0 Å². The number of nitrogens with two attached hydrogens (primary N) is 2. The number of halogens is 1. The van der Waals surface area contributed by atoms with Crippen LogP contribution in [0.5, 0.6) is 11.6 Å². The number of anilines is 2. The summed E-state index contributed by atoms with van der Waals surface area (Å²) >= 11 is 3.33. The van der Waals surface area contributed by atoms with Crippen LogP contribution in [-0.2, 0) is 0 Å². The Balaban J connectivity index is 2.27. The first-order chi connectivity index (χ1) is 7.66. The quantitative estimate of drug-likeness (QED) is 0.881. The molecule has 1 aromatic heterocycles. The zero-order valence-corrected chi connectivity index (χ0v) is 9.81. The summed E-state index contributed by atoms with van der Waals surface area (Å²) in [5, 5.41) is 0. The second-order valence-corrected chi connectivity index (χ2v) is 3.95. The zero-order valence-electron chi connectivity index (χ0n) is 8.22. The molecule has 4 N–H and O–H groups in total. The number of nitrogens with zero attached hydrogens (tertiary/aromatic N) is 2. The van der Waals surface area contributed by atoms with E-state index in [4.69, 9.17) is 16.2 Å². The van der Waals surface area contributed by atoms with Gasteiger partial charge in [-0.2, -0.15) is 4.98 Å². The summed E-state index contributed by atoms with van der Waals surface area (Å²) in [4.78, 5) is 7.66. The average molecular weight is 281 g/mol. The maximum Gasteiger partial charge on any atom is 0.248 e. The van der Waals surface area contributed by atoms with Crippen LogP contribution in [0.3, 0.4) is 0 Å².